The number of hydrogen-bond acceptors (Lipinski definition) is 2. The third kappa shape index (κ3) is 2.24. The van der Waals surface area contributed by atoms with Crippen LogP contribution in [0.5, 0.6) is 5.75 Å². The summed E-state index contributed by atoms with van der Waals surface area (Å²) >= 11 is 0. The predicted octanol–water partition coefficient (Wildman–Crippen LogP) is 1.09. The first-order chi connectivity index (χ1) is 4.72. The molecule has 0 aliphatic rings. The van der Waals surface area contributed by atoms with E-state index in [0.29, 0.717) is 0 Å². The summed E-state index contributed by atoms with van der Waals surface area (Å²) in [5, 5.41) is 17.3. The van der Waals surface area contributed by atoms with Crippen molar-refractivity contribution in [2.45, 2.75) is 0 Å². The fraction of sp³-hybridized carbons (Fsp3) is 0. The molecule has 0 unspecified atom stereocenters. The largest absolute Gasteiger partial charge is 0.507 e. The summed E-state index contributed by atoms with van der Waals surface area (Å²) in [4.78, 5) is 10.3. The Balaban J connectivity index is 0.000001000. The molecule has 0 fully saturated rings. The van der Waals surface area contributed by atoms with E-state index in [0.717, 1.165) is 0 Å². The Bertz CT molecular complexity index is 260. The zero-order chi connectivity index (χ0) is 7.56. The first-order valence-electron chi connectivity index (χ1n) is 2.73. The molecule has 0 radical (unpaired) electrons. The zero-order valence-corrected chi connectivity index (χ0v) is 6.42. The molecule has 2 N–H and O–H groups in total. The number of aromatic hydroxyl groups is 1. The molecule has 62 valence electrons. The number of carboxylic acid groups (broad SMARTS) is 1. The number of rotatable bonds is 1. The van der Waals surface area contributed by atoms with Gasteiger partial charge in [0.1, 0.15) is 11.3 Å². The van der Waals surface area contributed by atoms with E-state index in [4.69, 9.17) is 10.2 Å². The van der Waals surface area contributed by atoms with Crippen LogP contribution in [0.15, 0.2) is 24.3 Å². The van der Waals surface area contributed by atoms with Gasteiger partial charge in [0.15, 0.2) is 0 Å². The van der Waals surface area contributed by atoms with Gasteiger partial charge in [-0.1, -0.05) is 12.1 Å². The van der Waals surface area contributed by atoms with Gasteiger partial charge in [-0.3, -0.25) is 0 Å². The Morgan fingerprint density at radius 2 is 1.82 bits per heavy atom. The van der Waals surface area contributed by atoms with Crippen LogP contribution in [-0.4, -0.2) is 16.2 Å². The summed E-state index contributed by atoms with van der Waals surface area (Å²) in [5.41, 5.74) is -0.0671. The van der Waals surface area contributed by atoms with Crippen LogP contribution in [-0.2, 0) is 16.5 Å². The van der Waals surface area contributed by atoms with Gasteiger partial charge < -0.3 is 10.2 Å². The van der Waals surface area contributed by atoms with Gasteiger partial charge in [-0.15, -0.1) is 0 Å². The van der Waals surface area contributed by atoms with Gasteiger partial charge in [-0.25, -0.2) is 4.79 Å². The predicted molar refractivity (Wildman–Crippen MR) is 35.1 cm³/mol. The maximum atomic E-state index is 10.3. The molecule has 0 aliphatic carbocycles. The maximum Gasteiger partial charge on any atom is 0.339 e. The zero-order valence-electron chi connectivity index (χ0n) is 5.43. The Kier molecular flexibility index (Phi) is 3.62. The number of hydrogen-bond donors (Lipinski definition) is 2. The van der Waals surface area contributed by atoms with Crippen molar-refractivity contribution >= 4 is 5.97 Å². The number of benzene rings is 1. The molecule has 0 saturated carbocycles. The van der Waals surface area contributed by atoms with Gasteiger partial charge in [0, 0.05) is 16.5 Å². The first-order valence-corrected chi connectivity index (χ1v) is 2.73. The number of carboxylic acids is 1. The summed E-state index contributed by atoms with van der Waals surface area (Å²) in [7, 11) is 0. The quantitative estimate of drug-likeness (QED) is 0.662. The summed E-state index contributed by atoms with van der Waals surface area (Å²) < 4.78 is 0. The Hall–Kier alpha value is -1.02. The maximum absolute atomic E-state index is 10.3. The topological polar surface area (TPSA) is 57.5 Å². The second-order valence-electron chi connectivity index (χ2n) is 1.82. The summed E-state index contributed by atoms with van der Waals surface area (Å²) in [6, 6.07) is 5.81. The van der Waals surface area contributed by atoms with Crippen LogP contribution in [0.2, 0.25) is 0 Å². The summed E-state index contributed by atoms with van der Waals surface area (Å²) in [6.07, 6.45) is 0. The standard InChI is InChI=1S/C7H6O3.Ni/c8-6-4-2-1-3-5(6)7(9)10;/h1-4,8H,(H,9,10);. The van der Waals surface area contributed by atoms with Crippen LogP contribution in [0, 0.1) is 0 Å². The van der Waals surface area contributed by atoms with Gasteiger partial charge in [-0.2, -0.15) is 0 Å². The van der Waals surface area contributed by atoms with E-state index < -0.39 is 5.97 Å². The van der Waals surface area contributed by atoms with Gasteiger partial charge in [0.2, 0.25) is 0 Å². The molecule has 4 heteroatoms. The molecule has 0 amide bonds. The smallest absolute Gasteiger partial charge is 0.339 e. The molecule has 0 saturated heterocycles. The molecular formula is C7H6NiO3. The molecule has 0 aromatic heterocycles. The number of para-hydroxylation sites is 1. The molecule has 1 aromatic rings. The SMILES string of the molecule is O=C(O)c1ccccc1O.[Ni]. The van der Waals surface area contributed by atoms with E-state index in [1.807, 2.05) is 0 Å². The first kappa shape index (κ1) is 9.98. The van der Waals surface area contributed by atoms with Crippen LogP contribution < -0.4 is 0 Å². The minimum absolute atomic E-state index is 0. The van der Waals surface area contributed by atoms with E-state index in [1.165, 1.54) is 12.1 Å². The van der Waals surface area contributed by atoms with Crippen LogP contribution in [0.25, 0.3) is 0 Å². The van der Waals surface area contributed by atoms with Crippen molar-refractivity contribution < 1.29 is 31.5 Å². The molecule has 0 aliphatic heterocycles. The summed E-state index contributed by atoms with van der Waals surface area (Å²) in [5.74, 6) is -1.31. The van der Waals surface area contributed by atoms with Gasteiger partial charge in [0.25, 0.3) is 0 Å². The average Bonchev–Trinajstić information content (AvgIpc) is 1.88. The molecule has 1 aromatic carbocycles. The van der Waals surface area contributed by atoms with Crippen molar-refractivity contribution in [2.75, 3.05) is 0 Å². The molecule has 1 rings (SSSR count). The minimum atomic E-state index is -1.11. The van der Waals surface area contributed by atoms with Crippen LogP contribution >= 0.6 is 0 Å². The van der Waals surface area contributed by atoms with E-state index in [2.05, 4.69) is 0 Å². The minimum Gasteiger partial charge on any atom is -0.507 e. The second-order valence-corrected chi connectivity index (χ2v) is 1.82. The third-order valence-corrected chi connectivity index (χ3v) is 1.13. The Morgan fingerprint density at radius 1 is 1.27 bits per heavy atom. The number of phenols is 1. The van der Waals surface area contributed by atoms with Crippen LogP contribution in [0.3, 0.4) is 0 Å². The van der Waals surface area contributed by atoms with Crippen LogP contribution in [0.1, 0.15) is 10.4 Å². The van der Waals surface area contributed by atoms with E-state index in [1.54, 1.807) is 12.1 Å². The summed E-state index contributed by atoms with van der Waals surface area (Å²) in [6.45, 7) is 0. The molecule has 0 spiro atoms. The van der Waals surface area contributed by atoms with Crippen molar-refractivity contribution in [3.05, 3.63) is 29.8 Å². The Morgan fingerprint density at radius 3 is 2.18 bits per heavy atom. The molecule has 3 nitrogen and oxygen atoms in total. The van der Waals surface area contributed by atoms with Crippen molar-refractivity contribution in [2.24, 2.45) is 0 Å². The molecule has 0 bridgehead atoms. The monoisotopic (exact) mass is 196 g/mol. The van der Waals surface area contributed by atoms with E-state index in [9.17, 15) is 4.79 Å². The van der Waals surface area contributed by atoms with Gasteiger partial charge in [-0.05, 0) is 12.1 Å². The average molecular weight is 197 g/mol. The van der Waals surface area contributed by atoms with Crippen molar-refractivity contribution in [1.82, 2.24) is 0 Å². The third-order valence-electron chi connectivity index (χ3n) is 1.13. The van der Waals surface area contributed by atoms with Crippen molar-refractivity contribution in [3.63, 3.8) is 0 Å². The number of carbonyl (C=O) groups is 1. The van der Waals surface area contributed by atoms with E-state index >= 15 is 0 Å². The molecule has 0 heterocycles. The second kappa shape index (κ2) is 3.99. The van der Waals surface area contributed by atoms with Crippen molar-refractivity contribution in [1.29, 1.82) is 0 Å². The normalized spacial score (nSPS) is 8.36. The Labute approximate surface area is 73.6 Å². The molecular weight excluding hydrogens is 191 g/mol. The van der Waals surface area contributed by atoms with Gasteiger partial charge >= 0.3 is 5.97 Å². The molecule has 0 atom stereocenters. The fourth-order valence-corrected chi connectivity index (χ4v) is 0.654. The fourth-order valence-electron chi connectivity index (χ4n) is 0.654. The van der Waals surface area contributed by atoms with Crippen LogP contribution in [0.4, 0.5) is 0 Å². The van der Waals surface area contributed by atoms with Crippen molar-refractivity contribution in [3.8, 4) is 5.75 Å². The van der Waals surface area contributed by atoms with E-state index in [-0.39, 0.29) is 27.8 Å². The molecule has 11 heavy (non-hydrogen) atoms. The van der Waals surface area contributed by atoms with Gasteiger partial charge in [0.05, 0.1) is 0 Å². The number of aromatic carboxylic acids is 1.